The Hall–Kier alpha value is -1.26. The molecular formula is C16H27NO3. The number of hydrogen-bond donors (Lipinski definition) is 1. The number of benzene rings is 1. The first kappa shape index (κ1) is 16.8. The average molecular weight is 281 g/mol. The summed E-state index contributed by atoms with van der Waals surface area (Å²) in [7, 11) is 3.36. The van der Waals surface area contributed by atoms with Crippen LogP contribution in [0.15, 0.2) is 18.2 Å². The number of methoxy groups -OCH3 is 2. The fourth-order valence-electron chi connectivity index (χ4n) is 2.41. The maximum atomic E-state index is 5.87. The van der Waals surface area contributed by atoms with E-state index in [0.29, 0.717) is 6.61 Å². The van der Waals surface area contributed by atoms with Gasteiger partial charge in [-0.1, -0.05) is 13.8 Å². The smallest absolute Gasteiger partial charge is 0.124 e. The fraction of sp³-hybridized carbons (Fsp3) is 0.625. The minimum absolute atomic E-state index is 0.0926. The molecule has 0 saturated carbocycles. The summed E-state index contributed by atoms with van der Waals surface area (Å²) < 4.78 is 16.7. The zero-order valence-corrected chi connectivity index (χ0v) is 13.2. The zero-order valence-electron chi connectivity index (χ0n) is 13.2. The Morgan fingerprint density at radius 3 is 2.35 bits per heavy atom. The van der Waals surface area contributed by atoms with E-state index in [9.17, 15) is 0 Å². The summed E-state index contributed by atoms with van der Waals surface area (Å²) in [6.45, 7) is 7.82. The van der Waals surface area contributed by atoms with Crippen LogP contribution < -0.4 is 14.8 Å². The fourth-order valence-corrected chi connectivity index (χ4v) is 2.41. The second kappa shape index (κ2) is 8.82. The third-order valence-corrected chi connectivity index (χ3v) is 3.35. The molecule has 0 aliphatic carbocycles. The molecule has 0 spiro atoms. The summed E-state index contributed by atoms with van der Waals surface area (Å²) in [4.78, 5) is 0. The van der Waals surface area contributed by atoms with E-state index in [2.05, 4.69) is 19.2 Å². The van der Waals surface area contributed by atoms with Crippen molar-refractivity contribution < 1.29 is 14.2 Å². The Balaban J connectivity index is 3.17. The van der Waals surface area contributed by atoms with Crippen LogP contribution in [-0.2, 0) is 4.74 Å². The van der Waals surface area contributed by atoms with Gasteiger partial charge in [-0.05, 0) is 38.1 Å². The number of rotatable bonds is 9. The van der Waals surface area contributed by atoms with E-state index in [1.807, 2.05) is 25.1 Å². The highest BCUT2D eigenvalue weighted by Crippen LogP contribution is 2.32. The van der Waals surface area contributed by atoms with Gasteiger partial charge in [0.05, 0.1) is 26.4 Å². The highest BCUT2D eigenvalue weighted by atomic mass is 16.5. The molecule has 0 fully saturated rings. The van der Waals surface area contributed by atoms with Crippen LogP contribution in [0.2, 0.25) is 0 Å². The molecule has 1 rings (SSSR count). The van der Waals surface area contributed by atoms with Crippen LogP contribution in [0, 0.1) is 0 Å². The highest BCUT2D eigenvalue weighted by molar-refractivity contribution is 5.42. The first-order valence-electron chi connectivity index (χ1n) is 7.28. The van der Waals surface area contributed by atoms with Crippen molar-refractivity contribution in [3.05, 3.63) is 23.8 Å². The minimum Gasteiger partial charge on any atom is -0.497 e. The molecule has 0 aliphatic rings. The Kier molecular flexibility index (Phi) is 7.41. The molecule has 4 nitrogen and oxygen atoms in total. The summed E-state index contributed by atoms with van der Waals surface area (Å²) in [6.07, 6.45) is 1.05. The standard InChI is InChI=1S/C16H27NO3/c1-6-14(20-8-3)16(17-7-2)13-11-12(18-4)9-10-15(13)19-5/h9-11,14,16-17H,6-8H2,1-5H3. The molecule has 2 atom stereocenters. The van der Waals surface area contributed by atoms with Gasteiger partial charge in [-0.25, -0.2) is 0 Å². The lowest BCUT2D eigenvalue weighted by Gasteiger charge is -2.28. The van der Waals surface area contributed by atoms with E-state index in [-0.39, 0.29) is 12.1 Å². The number of nitrogens with one attached hydrogen (secondary N) is 1. The van der Waals surface area contributed by atoms with E-state index in [0.717, 1.165) is 30.0 Å². The number of ether oxygens (including phenoxy) is 3. The van der Waals surface area contributed by atoms with E-state index in [1.54, 1.807) is 14.2 Å². The second-order valence-electron chi connectivity index (χ2n) is 4.55. The predicted molar refractivity (Wildman–Crippen MR) is 81.7 cm³/mol. The molecule has 4 heteroatoms. The number of hydrogen-bond acceptors (Lipinski definition) is 4. The quantitative estimate of drug-likeness (QED) is 0.754. The van der Waals surface area contributed by atoms with Gasteiger partial charge >= 0.3 is 0 Å². The van der Waals surface area contributed by atoms with Crippen LogP contribution in [-0.4, -0.2) is 33.5 Å². The lowest BCUT2D eigenvalue weighted by Crippen LogP contribution is -2.34. The predicted octanol–water partition coefficient (Wildman–Crippen LogP) is 3.17. The highest BCUT2D eigenvalue weighted by Gasteiger charge is 2.25. The first-order chi connectivity index (χ1) is 9.71. The molecule has 1 aromatic carbocycles. The van der Waals surface area contributed by atoms with Gasteiger partial charge in [0.1, 0.15) is 11.5 Å². The summed E-state index contributed by atoms with van der Waals surface area (Å²) in [5, 5.41) is 3.50. The van der Waals surface area contributed by atoms with Crippen molar-refractivity contribution in [3.8, 4) is 11.5 Å². The molecule has 2 unspecified atom stereocenters. The molecule has 0 aromatic heterocycles. The van der Waals surface area contributed by atoms with E-state index in [1.165, 1.54) is 0 Å². The van der Waals surface area contributed by atoms with Gasteiger partial charge in [-0.3, -0.25) is 0 Å². The molecule has 0 saturated heterocycles. The van der Waals surface area contributed by atoms with Gasteiger partial charge in [0.15, 0.2) is 0 Å². The topological polar surface area (TPSA) is 39.7 Å². The van der Waals surface area contributed by atoms with Gasteiger partial charge in [0, 0.05) is 12.2 Å². The van der Waals surface area contributed by atoms with E-state index < -0.39 is 0 Å². The van der Waals surface area contributed by atoms with Crippen molar-refractivity contribution in [1.82, 2.24) is 5.32 Å². The zero-order chi connectivity index (χ0) is 15.0. The van der Waals surface area contributed by atoms with Gasteiger partial charge in [-0.2, -0.15) is 0 Å². The van der Waals surface area contributed by atoms with E-state index >= 15 is 0 Å². The molecule has 20 heavy (non-hydrogen) atoms. The first-order valence-corrected chi connectivity index (χ1v) is 7.28. The van der Waals surface area contributed by atoms with Crippen molar-refractivity contribution in [3.63, 3.8) is 0 Å². The molecule has 0 amide bonds. The summed E-state index contributed by atoms with van der Waals surface area (Å²) >= 11 is 0. The molecule has 0 bridgehead atoms. The lowest BCUT2D eigenvalue weighted by atomic mass is 9.98. The SMILES string of the molecule is CCNC(c1cc(OC)ccc1OC)C(CC)OCC. The maximum absolute atomic E-state index is 5.87. The van der Waals surface area contributed by atoms with Crippen LogP contribution in [0.25, 0.3) is 0 Å². The molecule has 1 aromatic rings. The van der Waals surface area contributed by atoms with Gasteiger partial charge in [0.25, 0.3) is 0 Å². The van der Waals surface area contributed by atoms with E-state index in [4.69, 9.17) is 14.2 Å². The second-order valence-corrected chi connectivity index (χ2v) is 4.55. The number of likely N-dealkylation sites (N-methyl/N-ethyl adjacent to an activating group) is 1. The van der Waals surface area contributed by atoms with Crippen LogP contribution in [0.4, 0.5) is 0 Å². The van der Waals surface area contributed by atoms with Gasteiger partial charge in [-0.15, -0.1) is 0 Å². The van der Waals surface area contributed by atoms with Crippen LogP contribution >= 0.6 is 0 Å². The van der Waals surface area contributed by atoms with Gasteiger partial charge < -0.3 is 19.5 Å². The van der Waals surface area contributed by atoms with Gasteiger partial charge in [0.2, 0.25) is 0 Å². The molecule has 0 aliphatic heterocycles. The molecule has 0 radical (unpaired) electrons. The maximum Gasteiger partial charge on any atom is 0.124 e. The third-order valence-electron chi connectivity index (χ3n) is 3.35. The minimum atomic E-state index is 0.0926. The van der Waals surface area contributed by atoms with Crippen molar-refractivity contribution in [2.75, 3.05) is 27.4 Å². The van der Waals surface area contributed by atoms with Crippen LogP contribution in [0.3, 0.4) is 0 Å². The largest absolute Gasteiger partial charge is 0.497 e. The van der Waals surface area contributed by atoms with Crippen LogP contribution in [0.5, 0.6) is 11.5 Å². The summed E-state index contributed by atoms with van der Waals surface area (Å²) in [6, 6.07) is 5.97. The monoisotopic (exact) mass is 281 g/mol. The van der Waals surface area contributed by atoms with Crippen molar-refractivity contribution >= 4 is 0 Å². The Bertz CT molecular complexity index is 395. The molecule has 114 valence electrons. The Morgan fingerprint density at radius 2 is 1.85 bits per heavy atom. The Morgan fingerprint density at radius 1 is 1.10 bits per heavy atom. The normalized spacial score (nSPS) is 13.8. The van der Waals surface area contributed by atoms with Crippen molar-refractivity contribution in [1.29, 1.82) is 0 Å². The van der Waals surface area contributed by atoms with Crippen molar-refractivity contribution in [2.24, 2.45) is 0 Å². The summed E-state index contributed by atoms with van der Waals surface area (Å²) in [5.74, 6) is 1.69. The molecular weight excluding hydrogens is 254 g/mol. The van der Waals surface area contributed by atoms with Crippen LogP contribution in [0.1, 0.15) is 38.8 Å². The van der Waals surface area contributed by atoms with Crippen molar-refractivity contribution in [2.45, 2.75) is 39.3 Å². The summed E-state index contributed by atoms with van der Waals surface area (Å²) in [5.41, 5.74) is 1.08. The molecule has 1 N–H and O–H groups in total. The third kappa shape index (κ3) is 4.12. The Labute approximate surface area is 122 Å². The average Bonchev–Trinajstić information content (AvgIpc) is 2.50. The lowest BCUT2D eigenvalue weighted by molar-refractivity contribution is 0.0312. The molecule has 0 heterocycles.